The molecule has 0 spiro atoms. The molecule has 0 aliphatic carbocycles. The number of benzene rings is 1. The summed E-state index contributed by atoms with van der Waals surface area (Å²) in [6.07, 6.45) is 2.74. The van der Waals surface area contributed by atoms with Crippen LogP contribution in [0.5, 0.6) is 0 Å². The van der Waals surface area contributed by atoms with E-state index in [2.05, 4.69) is 12.2 Å². The van der Waals surface area contributed by atoms with Crippen LogP contribution < -0.4 is 10.2 Å². The summed E-state index contributed by atoms with van der Waals surface area (Å²) in [5.41, 5.74) is 0.874. The molecule has 2 amide bonds. The zero-order chi connectivity index (χ0) is 15.8. The van der Waals surface area contributed by atoms with Crippen LogP contribution >= 0.6 is 11.8 Å². The Hall–Kier alpha value is -1.49. The molecule has 1 aromatic rings. The first-order valence-corrected chi connectivity index (χ1v) is 9.11. The van der Waals surface area contributed by atoms with E-state index in [1.807, 2.05) is 42.1 Å². The topological polar surface area (TPSA) is 49.4 Å². The third-order valence-corrected chi connectivity index (χ3v) is 4.98. The number of nitrogens with zero attached hydrogens (tertiary/aromatic N) is 1. The zero-order valence-electron chi connectivity index (χ0n) is 13.1. The van der Waals surface area contributed by atoms with Gasteiger partial charge in [-0.25, -0.2) is 0 Å². The lowest BCUT2D eigenvalue weighted by molar-refractivity contribution is -0.132. The number of carbonyl (C=O) groups excluding carboxylic acids is 2. The summed E-state index contributed by atoms with van der Waals surface area (Å²) in [7, 11) is 0. The van der Waals surface area contributed by atoms with E-state index in [1.54, 1.807) is 4.90 Å². The number of para-hydroxylation sites is 1. The van der Waals surface area contributed by atoms with E-state index in [9.17, 15) is 9.59 Å². The van der Waals surface area contributed by atoms with Crippen LogP contribution in [0.1, 0.15) is 26.2 Å². The van der Waals surface area contributed by atoms with Crippen molar-refractivity contribution in [1.82, 2.24) is 5.32 Å². The first-order valence-electron chi connectivity index (χ1n) is 7.96. The Kier molecular flexibility index (Phi) is 6.77. The third kappa shape index (κ3) is 4.50. The van der Waals surface area contributed by atoms with Crippen LogP contribution in [-0.4, -0.2) is 36.4 Å². The second kappa shape index (κ2) is 8.83. The molecule has 120 valence electrons. The van der Waals surface area contributed by atoms with E-state index < -0.39 is 5.92 Å². The maximum Gasteiger partial charge on any atom is 0.239 e. The van der Waals surface area contributed by atoms with Gasteiger partial charge in [0.2, 0.25) is 11.8 Å². The molecular weight excluding hydrogens is 296 g/mol. The summed E-state index contributed by atoms with van der Waals surface area (Å²) >= 11 is 1.91. The number of carbonyl (C=O) groups is 2. The Bertz CT molecular complexity index is 493. The van der Waals surface area contributed by atoms with Crippen molar-refractivity contribution in [3.05, 3.63) is 30.3 Å². The molecule has 1 aliphatic heterocycles. The first-order chi connectivity index (χ1) is 10.7. The lowest BCUT2D eigenvalue weighted by atomic mass is 10.1. The van der Waals surface area contributed by atoms with Gasteiger partial charge in [0.25, 0.3) is 0 Å². The van der Waals surface area contributed by atoms with Crippen LogP contribution in [0, 0.1) is 5.92 Å². The highest BCUT2D eigenvalue weighted by Crippen LogP contribution is 2.24. The normalized spacial score (nSPS) is 17.8. The Balaban J connectivity index is 1.76. The number of rotatable bonds is 8. The molecule has 1 atom stereocenters. The predicted molar refractivity (Wildman–Crippen MR) is 92.1 cm³/mol. The lowest BCUT2D eigenvalue weighted by Crippen LogP contribution is -2.37. The van der Waals surface area contributed by atoms with Gasteiger partial charge in [0.1, 0.15) is 5.92 Å². The monoisotopic (exact) mass is 320 g/mol. The first kappa shape index (κ1) is 16.9. The van der Waals surface area contributed by atoms with Gasteiger partial charge in [-0.3, -0.25) is 9.59 Å². The molecule has 0 bridgehead atoms. The maximum atomic E-state index is 12.4. The number of amides is 2. The van der Waals surface area contributed by atoms with Crippen LogP contribution in [0.3, 0.4) is 0 Å². The summed E-state index contributed by atoms with van der Waals surface area (Å²) < 4.78 is 0. The number of anilines is 1. The minimum absolute atomic E-state index is 0.0796. The molecule has 2 rings (SSSR count). The number of nitrogens with one attached hydrogen (secondary N) is 1. The Labute approximate surface area is 136 Å². The molecule has 0 unspecified atom stereocenters. The van der Waals surface area contributed by atoms with Crippen LogP contribution in [0.25, 0.3) is 0 Å². The van der Waals surface area contributed by atoms with E-state index in [0.29, 0.717) is 19.5 Å². The molecule has 5 heteroatoms. The SMILES string of the molecule is CCCSCCCNC(=O)[C@@H]1CCN(c2ccccc2)C1=O. The van der Waals surface area contributed by atoms with E-state index >= 15 is 0 Å². The molecule has 1 fully saturated rings. The average Bonchev–Trinajstić information content (AvgIpc) is 2.93. The van der Waals surface area contributed by atoms with Gasteiger partial charge in [-0.05, 0) is 42.9 Å². The van der Waals surface area contributed by atoms with Gasteiger partial charge >= 0.3 is 0 Å². The van der Waals surface area contributed by atoms with Crippen molar-refractivity contribution in [3.63, 3.8) is 0 Å². The number of thioether (sulfide) groups is 1. The fourth-order valence-corrected chi connectivity index (χ4v) is 3.38. The molecule has 22 heavy (non-hydrogen) atoms. The van der Waals surface area contributed by atoms with Crippen LogP contribution in [0.4, 0.5) is 5.69 Å². The minimum atomic E-state index is -0.525. The van der Waals surface area contributed by atoms with E-state index in [0.717, 1.165) is 17.9 Å². The van der Waals surface area contributed by atoms with Crippen molar-refractivity contribution in [2.45, 2.75) is 26.2 Å². The smallest absolute Gasteiger partial charge is 0.239 e. The highest BCUT2D eigenvalue weighted by molar-refractivity contribution is 7.99. The van der Waals surface area contributed by atoms with Crippen LogP contribution in [0.15, 0.2) is 30.3 Å². The van der Waals surface area contributed by atoms with Gasteiger partial charge in [0, 0.05) is 18.8 Å². The second-order valence-electron chi connectivity index (χ2n) is 5.42. The van der Waals surface area contributed by atoms with Crippen LogP contribution in [0.2, 0.25) is 0 Å². The molecule has 4 nitrogen and oxygen atoms in total. The molecule has 1 heterocycles. The Morgan fingerprint density at radius 1 is 1.32 bits per heavy atom. The standard InChI is InChI=1S/C17H24N2O2S/c1-2-12-22-13-6-10-18-16(20)15-9-11-19(17(15)21)14-7-4-3-5-8-14/h3-5,7-8,15H,2,6,9-13H2,1H3,(H,18,20)/t15-/m0/s1. The second-order valence-corrected chi connectivity index (χ2v) is 6.65. The summed E-state index contributed by atoms with van der Waals surface area (Å²) in [5.74, 6) is 1.50. The van der Waals surface area contributed by atoms with Gasteiger partial charge in [0.05, 0.1) is 0 Å². The van der Waals surface area contributed by atoms with Crippen molar-refractivity contribution in [2.24, 2.45) is 5.92 Å². The summed E-state index contributed by atoms with van der Waals surface area (Å²) in [6, 6.07) is 9.55. The van der Waals surface area contributed by atoms with Gasteiger partial charge in [-0.2, -0.15) is 11.8 Å². The van der Waals surface area contributed by atoms with Crippen LogP contribution in [-0.2, 0) is 9.59 Å². The van der Waals surface area contributed by atoms with Crippen molar-refractivity contribution in [1.29, 1.82) is 0 Å². The van der Waals surface area contributed by atoms with E-state index in [4.69, 9.17) is 0 Å². The van der Waals surface area contributed by atoms with Crippen molar-refractivity contribution < 1.29 is 9.59 Å². The summed E-state index contributed by atoms with van der Waals surface area (Å²) in [4.78, 5) is 26.2. The van der Waals surface area contributed by atoms with Crippen molar-refractivity contribution in [2.75, 3.05) is 29.5 Å². The summed E-state index contributed by atoms with van der Waals surface area (Å²) in [6.45, 7) is 3.44. The maximum absolute atomic E-state index is 12.4. The molecule has 1 saturated heterocycles. The molecule has 0 saturated carbocycles. The van der Waals surface area contributed by atoms with Gasteiger partial charge in [0.15, 0.2) is 0 Å². The predicted octanol–water partition coefficient (Wildman–Crippen LogP) is 2.69. The lowest BCUT2D eigenvalue weighted by Gasteiger charge is -2.16. The molecule has 0 aromatic heterocycles. The third-order valence-electron chi connectivity index (χ3n) is 3.70. The quantitative estimate of drug-likeness (QED) is 0.592. The highest BCUT2D eigenvalue weighted by Gasteiger charge is 2.37. The Morgan fingerprint density at radius 3 is 2.82 bits per heavy atom. The largest absolute Gasteiger partial charge is 0.355 e. The number of hydrogen-bond acceptors (Lipinski definition) is 3. The molecule has 1 aliphatic rings. The molecular formula is C17H24N2O2S. The average molecular weight is 320 g/mol. The van der Waals surface area contributed by atoms with Crippen molar-refractivity contribution in [3.8, 4) is 0 Å². The molecule has 1 aromatic carbocycles. The van der Waals surface area contributed by atoms with Crippen molar-refractivity contribution >= 4 is 29.3 Å². The molecule has 1 N–H and O–H groups in total. The number of hydrogen-bond donors (Lipinski definition) is 1. The van der Waals surface area contributed by atoms with E-state index in [-0.39, 0.29) is 11.8 Å². The zero-order valence-corrected chi connectivity index (χ0v) is 13.9. The Morgan fingerprint density at radius 2 is 2.09 bits per heavy atom. The minimum Gasteiger partial charge on any atom is -0.355 e. The van der Waals surface area contributed by atoms with Gasteiger partial charge in [-0.15, -0.1) is 0 Å². The van der Waals surface area contributed by atoms with E-state index in [1.165, 1.54) is 12.2 Å². The fourth-order valence-electron chi connectivity index (χ4n) is 2.54. The fraction of sp³-hybridized carbons (Fsp3) is 0.529. The van der Waals surface area contributed by atoms with Gasteiger partial charge < -0.3 is 10.2 Å². The molecule has 0 radical (unpaired) electrons. The van der Waals surface area contributed by atoms with Gasteiger partial charge in [-0.1, -0.05) is 25.1 Å². The highest BCUT2D eigenvalue weighted by atomic mass is 32.2. The summed E-state index contributed by atoms with van der Waals surface area (Å²) in [5, 5.41) is 2.90.